The predicted octanol–water partition coefficient (Wildman–Crippen LogP) is 5.44. The van der Waals surface area contributed by atoms with Crippen LogP contribution in [0.5, 0.6) is 0 Å². The van der Waals surface area contributed by atoms with Crippen LogP contribution >= 0.6 is 15.9 Å². The van der Waals surface area contributed by atoms with Crippen LogP contribution < -0.4 is 5.32 Å². The van der Waals surface area contributed by atoms with Crippen LogP contribution in [0, 0.1) is 0 Å². The number of halogens is 1. The summed E-state index contributed by atoms with van der Waals surface area (Å²) in [4.78, 5) is 17.1. The molecule has 1 N–H and O–H groups in total. The van der Waals surface area contributed by atoms with Gasteiger partial charge in [-0.05, 0) is 48.4 Å². The summed E-state index contributed by atoms with van der Waals surface area (Å²) in [5.74, 6) is 0.302. The molecule has 0 spiro atoms. The van der Waals surface area contributed by atoms with E-state index in [1.54, 1.807) is 6.20 Å². The summed E-state index contributed by atoms with van der Waals surface area (Å²) < 4.78 is 12.4. The molecule has 1 fully saturated rings. The molecule has 150 valence electrons. The monoisotopic (exact) mass is 446 g/mol. The summed E-state index contributed by atoms with van der Waals surface area (Å²) in [5.41, 5.74) is 2.63. The molecule has 2 aromatic rings. The lowest BCUT2D eigenvalue weighted by atomic mass is 9.87. The second-order valence-corrected chi connectivity index (χ2v) is 8.86. The molecule has 3 rings (SSSR count). The lowest BCUT2D eigenvalue weighted by Crippen LogP contribution is -2.23. The second kappa shape index (κ2) is 9.16. The van der Waals surface area contributed by atoms with Gasteiger partial charge in [-0.3, -0.25) is 4.79 Å². The van der Waals surface area contributed by atoms with Crippen molar-refractivity contribution in [1.82, 2.24) is 4.98 Å². The first-order chi connectivity index (χ1) is 13.3. The minimum Gasteiger partial charge on any atom is -0.353 e. The normalized spacial score (nSPS) is 17.4. The summed E-state index contributed by atoms with van der Waals surface area (Å²) in [6.07, 6.45) is 4.52. The fraction of sp³-hybridized carbons (Fsp3) is 0.455. The van der Waals surface area contributed by atoms with Gasteiger partial charge in [0.25, 0.3) is 5.91 Å². The van der Waals surface area contributed by atoms with E-state index >= 15 is 0 Å². The Morgan fingerprint density at radius 1 is 1.25 bits per heavy atom. The number of benzene rings is 1. The highest BCUT2D eigenvalue weighted by atomic mass is 79.9. The first-order valence-corrected chi connectivity index (χ1v) is 10.4. The molecule has 2 heterocycles. The van der Waals surface area contributed by atoms with Crippen LogP contribution in [0.25, 0.3) is 0 Å². The van der Waals surface area contributed by atoms with Crippen LogP contribution in [-0.4, -0.2) is 23.8 Å². The van der Waals surface area contributed by atoms with E-state index in [9.17, 15) is 4.79 Å². The number of rotatable bonds is 5. The van der Waals surface area contributed by atoms with Gasteiger partial charge >= 0.3 is 0 Å². The second-order valence-electron chi connectivity index (χ2n) is 8.01. The molecular weight excluding hydrogens is 420 g/mol. The Morgan fingerprint density at radius 3 is 2.64 bits per heavy atom. The van der Waals surface area contributed by atoms with Crippen molar-refractivity contribution < 1.29 is 14.3 Å². The number of aromatic nitrogens is 1. The first-order valence-electron chi connectivity index (χ1n) is 9.63. The fourth-order valence-electron chi connectivity index (χ4n) is 3.03. The number of anilines is 1. The average molecular weight is 447 g/mol. The number of carbonyl (C=O) groups is 1. The van der Waals surface area contributed by atoms with E-state index in [0.29, 0.717) is 18.0 Å². The molecule has 1 aliphatic heterocycles. The Morgan fingerprint density at radius 2 is 2.00 bits per heavy atom. The molecule has 1 atom stereocenters. The van der Waals surface area contributed by atoms with Crippen LogP contribution in [0.3, 0.4) is 0 Å². The highest BCUT2D eigenvalue weighted by molar-refractivity contribution is 9.10. The zero-order valence-electron chi connectivity index (χ0n) is 16.6. The Labute approximate surface area is 175 Å². The summed E-state index contributed by atoms with van der Waals surface area (Å²) in [6.45, 7) is 7.49. The van der Waals surface area contributed by atoms with Crippen molar-refractivity contribution in [3.05, 3.63) is 57.7 Å². The third kappa shape index (κ3) is 5.40. The standard InChI is InChI=1S/C22H27BrN2O3/c1-22(2,3)16-9-7-15(8-10-16)21(26)25-20-17(18(23)11-12-24-20)14-28-19-6-4-5-13-27-19/h7-12,19H,4-6,13-14H2,1-3H3,(H,24,25,26). The Hall–Kier alpha value is -1.76. The SMILES string of the molecule is CC(C)(C)c1ccc(C(=O)Nc2nccc(Br)c2COC2CCCCO2)cc1. The maximum atomic E-state index is 12.7. The Bertz CT molecular complexity index is 810. The lowest BCUT2D eigenvalue weighted by molar-refractivity contribution is -0.168. The quantitative estimate of drug-likeness (QED) is 0.664. The van der Waals surface area contributed by atoms with E-state index in [4.69, 9.17) is 9.47 Å². The third-order valence-electron chi connectivity index (χ3n) is 4.80. The number of carbonyl (C=O) groups excluding carboxylic acids is 1. The van der Waals surface area contributed by atoms with Crippen LogP contribution in [0.4, 0.5) is 5.82 Å². The molecule has 0 aliphatic carbocycles. The first kappa shape index (κ1) is 21.0. The van der Waals surface area contributed by atoms with Crippen molar-refractivity contribution in [2.75, 3.05) is 11.9 Å². The van der Waals surface area contributed by atoms with Crippen molar-refractivity contribution in [1.29, 1.82) is 0 Å². The van der Waals surface area contributed by atoms with E-state index in [2.05, 4.69) is 47.0 Å². The lowest BCUT2D eigenvalue weighted by Gasteiger charge is -2.23. The average Bonchev–Trinajstić information content (AvgIpc) is 2.68. The molecule has 1 aliphatic rings. The van der Waals surface area contributed by atoms with Gasteiger partial charge in [-0.25, -0.2) is 4.98 Å². The zero-order valence-corrected chi connectivity index (χ0v) is 18.2. The van der Waals surface area contributed by atoms with Crippen molar-refractivity contribution in [3.63, 3.8) is 0 Å². The number of nitrogens with zero attached hydrogens (tertiary/aromatic N) is 1. The van der Waals surface area contributed by atoms with E-state index in [1.165, 1.54) is 5.56 Å². The van der Waals surface area contributed by atoms with Gasteiger partial charge < -0.3 is 14.8 Å². The number of nitrogens with one attached hydrogen (secondary N) is 1. The highest BCUT2D eigenvalue weighted by Gasteiger charge is 2.19. The van der Waals surface area contributed by atoms with Gasteiger partial charge in [-0.1, -0.05) is 48.8 Å². The summed E-state index contributed by atoms with van der Waals surface area (Å²) >= 11 is 3.54. The Balaban J connectivity index is 1.70. The molecule has 6 heteroatoms. The maximum Gasteiger partial charge on any atom is 0.256 e. The molecule has 28 heavy (non-hydrogen) atoms. The van der Waals surface area contributed by atoms with Gasteiger partial charge in [-0.15, -0.1) is 0 Å². The van der Waals surface area contributed by atoms with Crippen molar-refractivity contribution in [3.8, 4) is 0 Å². The number of hydrogen-bond donors (Lipinski definition) is 1. The number of ether oxygens (including phenoxy) is 2. The van der Waals surface area contributed by atoms with Crippen LogP contribution in [0.2, 0.25) is 0 Å². The van der Waals surface area contributed by atoms with Crippen LogP contribution in [-0.2, 0) is 21.5 Å². The molecule has 1 aromatic heterocycles. The van der Waals surface area contributed by atoms with Gasteiger partial charge in [0.05, 0.1) is 6.61 Å². The topological polar surface area (TPSA) is 60.5 Å². The summed E-state index contributed by atoms with van der Waals surface area (Å²) in [7, 11) is 0. The number of pyridine rings is 1. The highest BCUT2D eigenvalue weighted by Crippen LogP contribution is 2.26. The molecule has 0 bridgehead atoms. The zero-order chi connectivity index (χ0) is 20.1. The van der Waals surface area contributed by atoms with Gasteiger partial charge in [0.15, 0.2) is 6.29 Å². The molecule has 1 saturated heterocycles. The molecule has 1 amide bonds. The van der Waals surface area contributed by atoms with Crippen molar-refractivity contribution in [2.45, 2.75) is 58.3 Å². The molecule has 1 aromatic carbocycles. The van der Waals surface area contributed by atoms with E-state index in [-0.39, 0.29) is 17.6 Å². The van der Waals surface area contributed by atoms with Gasteiger partial charge in [0.2, 0.25) is 0 Å². The molecular formula is C22H27BrN2O3. The Kier molecular flexibility index (Phi) is 6.86. The third-order valence-corrected chi connectivity index (χ3v) is 5.54. The summed E-state index contributed by atoms with van der Waals surface area (Å²) in [5, 5.41) is 2.91. The van der Waals surface area contributed by atoms with E-state index < -0.39 is 0 Å². The minimum absolute atomic E-state index is 0.0482. The predicted molar refractivity (Wildman–Crippen MR) is 113 cm³/mol. The number of amides is 1. The van der Waals surface area contributed by atoms with Gasteiger partial charge in [-0.2, -0.15) is 0 Å². The van der Waals surface area contributed by atoms with Crippen molar-refractivity contribution in [2.24, 2.45) is 0 Å². The smallest absolute Gasteiger partial charge is 0.256 e. The van der Waals surface area contributed by atoms with E-state index in [0.717, 1.165) is 35.9 Å². The molecule has 1 unspecified atom stereocenters. The maximum absolute atomic E-state index is 12.7. The van der Waals surface area contributed by atoms with Crippen molar-refractivity contribution >= 4 is 27.7 Å². The van der Waals surface area contributed by atoms with Gasteiger partial charge in [0.1, 0.15) is 5.82 Å². The molecule has 5 nitrogen and oxygen atoms in total. The fourth-order valence-corrected chi connectivity index (χ4v) is 3.45. The van der Waals surface area contributed by atoms with Crippen LogP contribution in [0.1, 0.15) is 61.5 Å². The molecule has 0 radical (unpaired) electrons. The van der Waals surface area contributed by atoms with Crippen LogP contribution in [0.15, 0.2) is 41.0 Å². The van der Waals surface area contributed by atoms with E-state index in [1.807, 2.05) is 30.3 Å². The number of hydrogen-bond acceptors (Lipinski definition) is 4. The minimum atomic E-state index is -0.200. The van der Waals surface area contributed by atoms with Gasteiger partial charge in [0, 0.05) is 28.4 Å². The molecule has 0 saturated carbocycles. The summed E-state index contributed by atoms with van der Waals surface area (Å²) in [6, 6.07) is 9.52. The largest absolute Gasteiger partial charge is 0.353 e.